The molecule has 0 amide bonds. The van der Waals surface area contributed by atoms with Crippen LogP contribution in [0.5, 0.6) is 0 Å². The predicted octanol–water partition coefficient (Wildman–Crippen LogP) is 3.65. The molecular weight excluding hydrogens is 372 g/mol. The van der Waals surface area contributed by atoms with Crippen LogP contribution >= 0.6 is 0 Å². The van der Waals surface area contributed by atoms with Crippen LogP contribution in [0.1, 0.15) is 54.0 Å². The molecule has 30 heavy (non-hydrogen) atoms. The molecule has 6 nitrogen and oxygen atoms in total. The van der Waals surface area contributed by atoms with Crippen LogP contribution in [-0.2, 0) is 0 Å². The first kappa shape index (κ1) is 19.5. The van der Waals surface area contributed by atoms with Crippen molar-refractivity contribution in [3.05, 3.63) is 59.2 Å². The van der Waals surface area contributed by atoms with Gasteiger partial charge in [-0.3, -0.25) is 9.38 Å². The van der Waals surface area contributed by atoms with Gasteiger partial charge in [-0.1, -0.05) is 12.1 Å². The largest absolute Gasteiger partial charge is 0.355 e. The quantitative estimate of drug-likeness (QED) is 0.722. The molecule has 2 aliphatic rings. The van der Waals surface area contributed by atoms with Crippen molar-refractivity contribution in [2.24, 2.45) is 0 Å². The number of aryl methyl sites for hydroxylation is 2. The predicted molar refractivity (Wildman–Crippen MR) is 121 cm³/mol. The van der Waals surface area contributed by atoms with E-state index in [1.165, 1.54) is 34.9 Å². The maximum Gasteiger partial charge on any atom is 0.138 e. The van der Waals surface area contributed by atoms with E-state index in [9.17, 15) is 0 Å². The summed E-state index contributed by atoms with van der Waals surface area (Å²) in [6, 6.07) is 11.3. The van der Waals surface area contributed by atoms with Gasteiger partial charge in [-0.15, -0.1) is 0 Å². The van der Waals surface area contributed by atoms with Crippen LogP contribution < -0.4 is 10.2 Å². The Morgan fingerprint density at radius 1 is 0.933 bits per heavy atom. The Bertz CT molecular complexity index is 1030. The lowest BCUT2D eigenvalue weighted by Gasteiger charge is -2.34. The smallest absolute Gasteiger partial charge is 0.138 e. The summed E-state index contributed by atoms with van der Waals surface area (Å²) in [6.45, 7) is 8.72. The molecule has 0 aromatic carbocycles. The van der Waals surface area contributed by atoms with Crippen molar-refractivity contribution in [3.63, 3.8) is 0 Å². The molecule has 0 aliphatic carbocycles. The van der Waals surface area contributed by atoms with Crippen molar-refractivity contribution in [1.82, 2.24) is 24.6 Å². The van der Waals surface area contributed by atoms with E-state index < -0.39 is 0 Å². The van der Waals surface area contributed by atoms with Gasteiger partial charge in [0, 0.05) is 38.1 Å². The number of nitrogens with zero attached hydrogens (tertiary/aromatic N) is 5. The maximum absolute atomic E-state index is 5.10. The number of rotatable bonds is 3. The van der Waals surface area contributed by atoms with Gasteiger partial charge in [-0.2, -0.15) is 0 Å². The van der Waals surface area contributed by atoms with Gasteiger partial charge in [0.1, 0.15) is 11.5 Å². The van der Waals surface area contributed by atoms with Gasteiger partial charge >= 0.3 is 0 Å². The van der Waals surface area contributed by atoms with E-state index in [0.717, 1.165) is 44.7 Å². The molecule has 5 rings (SSSR count). The maximum atomic E-state index is 5.10. The molecule has 0 bridgehead atoms. The summed E-state index contributed by atoms with van der Waals surface area (Å²) >= 11 is 0. The summed E-state index contributed by atoms with van der Waals surface area (Å²) in [5.74, 6) is 1.27. The molecule has 2 atom stereocenters. The van der Waals surface area contributed by atoms with E-state index in [1.54, 1.807) is 0 Å². The number of nitrogens with one attached hydrogen (secondary N) is 1. The second-order valence-corrected chi connectivity index (χ2v) is 8.86. The molecule has 0 radical (unpaired) electrons. The number of imidazole rings is 1. The number of piperidine rings is 1. The number of hydrogen-bond acceptors (Lipinski definition) is 5. The fourth-order valence-corrected chi connectivity index (χ4v) is 5.08. The first-order valence-corrected chi connectivity index (χ1v) is 11.2. The van der Waals surface area contributed by atoms with E-state index in [1.807, 2.05) is 12.3 Å². The lowest BCUT2D eigenvalue weighted by atomic mass is 9.92. The Morgan fingerprint density at radius 3 is 2.47 bits per heavy atom. The molecule has 3 aromatic heterocycles. The molecule has 1 N–H and O–H groups in total. The fraction of sp³-hybridized carbons (Fsp3) is 0.500. The summed E-state index contributed by atoms with van der Waals surface area (Å²) in [5, 5.41) is 3.87. The Balaban J connectivity index is 1.47. The highest BCUT2D eigenvalue weighted by atomic mass is 15.3. The number of aromatic nitrogens is 3. The fourth-order valence-electron chi connectivity index (χ4n) is 5.08. The summed E-state index contributed by atoms with van der Waals surface area (Å²) in [4.78, 5) is 14.7. The number of anilines is 1. The SMILES string of the molecule is Cc1cccnc1[C@@H]1CCC[C@H](c2nc3cccc(N4CCN(C)CC4)n3c2C)N1. The van der Waals surface area contributed by atoms with Gasteiger partial charge in [0.2, 0.25) is 0 Å². The molecular formula is C24H32N6. The van der Waals surface area contributed by atoms with Gasteiger partial charge in [0.25, 0.3) is 0 Å². The molecule has 0 saturated carbocycles. The molecule has 6 heteroatoms. The minimum atomic E-state index is 0.269. The van der Waals surface area contributed by atoms with Crippen molar-refractivity contribution < 1.29 is 0 Å². The zero-order valence-corrected chi connectivity index (χ0v) is 18.3. The zero-order chi connectivity index (χ0) is 20.7. The number of piperazine rings is 1. The third kappa shape index (κ3) is 3.48. The average Bonchev–Trinajstić information content (AvgIpc) is 3.12. The first-order chi connectivity index (χ1) is 14.6. The Labute approximate surface area is 178 Å². The molecule has 2 fully saturated rings. The normalized spacial score (nSPS) is 23.2. The molecule has 5 heterocycles. The van der Waals surface area contributed by atoms with Crippen molar-refractivity contribution in [3.8, 4) is 0 Å². The van der Waals surface area contributed by atoms with Crippen LogP contribution in [0.15, 0.2) is 36.5 Å². The van der Waals surface area contributed by atoms with Crippen LogP contribution in [0.3, 0.4) is 0 Å². The number of pyridine rings is 2. The van der Waals surface area contributed by atoms with Gasteiger partial charge in [-0.25, -0.2) is 4.98 Å². The number of hydrogen-bond donors (Lipinski definition) is 1. The lowest BCUT2D eigenvalue weighted by Crippen LogP contribution is -2.45. The highest BCUT2D eigenvalue weighted by molar-refractivity contribution is 5.55. The zero-order valence-electron chi connectivity index (χ0n) is 18.3. The number of fused-ring (bicyclic) bond motifs is 1. The molecule has 2 saturated heterocycles. The van der Waals surface area contributed by atoms with Gasteiger partial charge in [0.05, 0.1) is 23.5 Å². The molecule has 0 spiro atoms. The second kappa shape index (κ2) is 8.00. The third-order valence-corrected chi connectivity index (χ3v) is 6.82. The third-order valence-electron chi connectivity index (χ3n) is 6.82. The van der Waals surface area contributed by atoms with Gasteiger partial charge < -0.3 is 15.1 Å². The molecule has 3 aromatic rings. The van der Waals surface area contributed by atoms with Crippen molar-refractivity contribution in [2.45, 2.75) is 45.2 Å². The summed E-state index contributed by atoms with van der Waals surface area (Å²) in [7, 11) is 2.20. The lowest BCUT2D eigenvalue weighted by molar-refractivity contribution is 0.311. The molecule has 0 unspecified atom stereocenters. The monoisotopic (exact) mass is 404 g/mol. The Hall–Kier alpha value is -2.44. The van der Waals surface area contributed by atoms with Crippen molar-refractivity contribution in [1.29, 1.82) is 0 Å². The van der Waals surface area contributed by atoms with Crippen LogP contribution in [0, 0.1) is 13.8 Å². The van der Waals surface area contributed by atoms with Crippen molar-refractivity contribution in [2.75, 3.05) is 38.1 Å². The Morgan fingerprint density at radius 2 is 1.70 bits per heavy atom. The van der Waals surface area contributed by atoms with E-state index >= 15 is 0 Å². The average molecular weight is 405 g/mol. The summed E-state index contributed by atoms with van der Waals surface area (Å²) in [6.07, 6.45) is 5.35. The van der Waals surface area contributed by atoms with E-state index in [2.05, 4.69) is 69.7 Å². The topological polar surface area (TPSA) is 48.7 Å². The minimum absolute atomic E-state index is 0.269. The van der Waals surface area contributed by atoms with Gasteiger partial charge in [0.15, 0.2) is 0 Å². The van der Waals surface area contributed by atoms with E-state index in [4.69, 9.17) is 4.98 Å². The standard InChI is InChI=1S/C24H32N6/c1-17-7-6-12-25-23(17)19-8-4-9-20(26-19)24-18(2)30-21(27-24)10-5-11-22(30)29-15-13-28(3)14-16-29/h5-7,10-12,19-20,26H,4,8-9,13-16H2,1-3H3/t19-,20+/m0/s1. The van der Waals surface area contributed by atoms with E-state index in [-0.39, 0.29) is 6.04 Å². The highest BCUT2D eigenvalue weighted by Crippen LogP contribution is 2.35. The number of likely N-dealkylation sites (N-methyl/N-ethyl adjacent to an activating group) is 1. The van der Waals surface area contributed by atoms with Crippen LogP contribution in [0.4, 0.5) is 5.82 Å². The summed E-state index contributed by atoms with van der Waals surface area (Å²) in [5.41, 5.74) is 5.95. The minimum Gasteiger partial charge on any atom is -0.355 e. The van der Waals surface area contributed by atoms with Gasteiger partial charge in [-0.05, 0) is 63.9 Å². The van der Waals surface area contributed by atoms with Crippen LogP contribution in [0.25, 0.3) is 5.65 Å². The second-order valence-electron chi connectivity index (χ2n) is 8.86. The first-order valence-electron chi connectivity index (χ1n) is 11.2. The molecule has 2 aliphatic heterocycles. The molecule has 158 valence electrons. The summed E-state index contributed by atoms with van der Waals surface area (Å²) < 4.78 is 2.36. The highest BCUT2D eigenvalue weighted by Gasteiger charge is 2.29. The van der Waals surface area contributed by atoms with Crippen LogP contribution in [-0.4, -0.2) is 52.5 Å². The van der Waals surface area contributed by atoms with Crippen LogP contribution in [0.2, 0.25) is 0 Å². The van der Waals surface area contributed by atoms with E-state index in [0.29, 0.717) is 6.04 Å². The van der Waals surface area contributed by atoms with Crippen molar-refractivity contribution >= 4 is 11.5 Å². The Kier molecular flexibility index (Phi) is 5.21.